The second-order valence-corrected chi connectivity index (χ2v) is 11.4. The van der Waals surface area contributed by atoms with Crippen LogP contribution >= 0.6 is 0 Å². The molecule has 0 aliphatic heterocycles. The Kier molecular flexibility index (Phi) is 5.60. The molecule has 0 fully saturated rings. The molecule has 0 N–H and O–H groups in total. The van der Waals surface area contributed by atoms with Gasteiger partial charge in [0.05, 0.1) is 33.5 Å². The van der Waals surface area contributed by atoms with E-state index in [9.17, 15) is 0 Å². The Hall–Kier alpha value is -5.74. The number of fused-ring (bicyclic) bond motifs is 7. The van der Waals surface area contributed by atoms with Crippen LogP contribution in [-0.4, -0.2) is 19.1 Å². The highest BCUT2D eigenvalue weighted by Gasteiger charge is 2.23. The largest absolute Gasteiger partial charge is 0.311 e. The van der Waals surface area contributed by atoms with Gasteiger partial charge in [0.15, 0.2) is 0 Å². The van der Waals surface area contributed by atoms with E-state index in [2.05, 4.69) is 143 Å². The molecular formula is C40H28N4. The third-order valence-electron chi connectivity index (χ3n) is 8.80. The lowest BCUT2D eigenvalue weighted by atomic mass is 10.1. The fourth-order valence-corrected chi connectivity index (χ4v) is 6.83. The van der Waals surface area contributed by atoms with Crippen molar-refractivity contribution in [2.75, 3.05) is 0 Å². The second-order valence-electron chi connectivity index (χ2n) is 11.4. The molecule has 1 aliphatic carbocycles. The SMILES string of the molecule is C1=CCCC(n2c3ccccc3c3ccc4c5ccccc5n(-c5nc(-c6ccccc6)cc(-c6ccccc6)n5)c4c32)=C1. The Balaban J connectivity index is 1.47. The van der Waals surface area contributed by atoms with Crippen molar-refractivity contribution in [3.05, 3.63) is 146 Å². The molecule has 208 valence electrons. The summed E-state index contributed by atoms with van der Waals surface area (Å²) in [5.74, 6) is 0.665. The molecule has 9 rings (SSSR count). The molecule has 5 aromatic carbocycles. The van der Waals surface area contributed by atoms with Crippen LogP contribution in [0.4, 0.5) is 0 Å². The highest BCUT2D eigenvalue weighted by atomic mass is 15.2. The van der Waals surface area contributed by atoms with Gasteiger partial charge in [-0.3, -0.25) is 4.57 Å². The van der Waals surface area contributed by atoms with Gasteiger partial charge in [0.1, 0.15) is 0 Å². The second kappa shape index (κ2) is 9.92. The van der Waals surface area contributed by atoms with Crippen molar-refractivity contribution in [2.45, 2.75) is 12.8 Å². The summed E-state index contributed by atoms with van der Waals surface area (Å²) in [6.45, 7) is 0. The molecule has 0 saturated carbocycles. The van der Waals surface area contributed by atoms with Crippen LogP contribution in [0.1, 0.15) is 12.8 Å². The summed E-state index contributed by atoms with van der Waals surface area (Å²) in [6, 6.07) is 44.9. The predicted molar refractivity (Wildman–Crippen MR) is 183 cm³/mol. The molecule has 0 bridgehead atoms. The van der Waals surface area contributed by atoms with Gasteiger partial charge in [-0.2, -0.15) is 0 Å². The first kappa shape index (κ1) is 24.8. The van der Waals surface area contributed by atoms with E-state index in [0.717, 1.165) is 46.4 Å². The lowest BCUT2D eigenvalue weighted by molar-refractivity contribution is 0.972. The lowest BCUT2D eigenvalue weighted by Gasteiger charge is -2.16. The standard InChI is InChI=1S/C40H28N4/c1-4-14-27(15-5-1)34-26-35(28-16-6-2-7-17-28)42-40(41-34)44-37-23-13-11-21-31(37)33-25-24-32-30-20-10-12-22-36(30)43(38(32)39(33)44)29-18-8-3-9-19-29/h1-8,10-18,20-26H,9,19H2. The van der Waals surface area contributed by atoms with Crippen LogP contribution in [0, 0.1) is 0 Å². The van der Waals surface area contributed by atoms with E-state index in [1.54, 1.807) is 0 Å². The first-order valence-corrected chi connectivity index (χ1v) is 15.2. The number of rotatable bonds is 4. The van der Waals surface area contributed by atoms with Gasteiger partial charge in [0, 0.05) is 38.4 Å². The quantitative estimate of drug-likeness (QED) is 0.213. The van der Waals surface area contributed by atoms with Crippen molar-refractivity contribution >= 4 is 49.3 Å². The monoisotopic (exact) mass is 564 g/mol. The number of allylic oxidation sites excluding steroid dienone is 4. The van der Waals surface area contributed by atoms with E-state index in [1.807, 2.05) is 12.1 Å². The molecule has 3 heterocycles. The number of hydrogen-bond acceptors (Lipinski definition) is 2. The van der Waals surface area contributed by atoms with E-state index < -0.39 is 0 Å². The van der Waals surface area contributed by atoms with Gasteiger partial charge >= 0.3 is 0 Å². The van der Waals surface area contributed by atoms with Crippen molar-refractivity contribution < 1.29 is 0 Å². The molecular weight excluding hydrogens is 536 g/mol. The van der Waals surface area contributed by atoms with E-state index in [-0.39, 0.29) is 0 Å². The predicted octanol–water partition coefficient (Wildman–Crippen LogP) is 10.2. The fourth-order valence-electron chi connectivity index (χ4n) is 6.83. The first-order valence-electron chi connectivity index (χ1n) is 15.2. The third-order valence-corrected chi connectivity index (χ3v) is 8.80. The van der Waals surface area contributed by atoms with E-state index >= 15 is 0 Å². The minimum atomic E-state index is 0.665. The summed E-state index contributed by atoms with van der Waals surface area (Å²) < 4.78 is 4.77. The molecule has 0 saturated heterocycles. The molecule has 0 atom stereocenters. The minimum absolute atomic E-state index is 0.665. The van der Waals surface area contributed by atoms with Gasteiger partial charge < -0.3 is 4.57 Å². The highest BCUT2D eigenvalue weighted by Crippen LogP contribution is 2.42. The van der Waals surface area contributed by atoms with Gasteiger partial charge in [0.25, 0.3) is 0 Å². The maximum atomic E-state index is 5.29. The smallest absolute Gasteiger partial charge is 0.235 e. The number of nitrogens with zero attached hydrogens (tertiary/aromatic N) is 4. The summed E-state index contributed by atoms with van der Waals surface area (Å²) in [7, 11) is 0. The molecule has 0 radical (unpaired) electrons. The molecule has 4 nitrogen and oxygen atoms in total. The average Bonchev–Trinajstić information content (AvgIpc) is 3.62. The van der Waals surface area contributed by atoms with E-state index in [1.165, 1.54) is 38.3 Å². The maximum Gasteiger partial charge on any atom is 0.235 e. The number of aromatic nitrogens is 4. The summed E-state index contributed by atoms with van der Waals surface area (Å²) in [5.41, 5.74) is 9.84. The minimum Gasteiger partial charge on any atom is -0.311 e. The van der Waals surface area contributed by atoms with Gasteiger partial charge in [0.2, 0.25) is 5.95 Å². The topological polar surface area (TPSA) is 35.6 Å². The van der Waals surface area contributed by atoms with Crippen LogP contribution in [0.2, 0.25) is 0 Å². The van der Waals surface area contributed by atoms with Crippen LogP contribution in [0.15, 0.2) is 146 Å². The lowest BCUT2D eigenvalue weighted by Crippen LogP contribution is -2.05. The summed E-state index contributed by atoms with van der Waals surface area (Å²) in [4.78, 5) is 10.6. The van der Waals surface area contributed by atoms with Crippen molar-refractivity contribution in [1.29, 1.82) is 0 Å². The summed E-state index contributed by atoms with van der Waals surface area (Å²) in [5, 5.41) is 4.86. The zero-order chi connectivity index (χ0) is 29.0. The van der Waals surface area contributed by atoms with Gasteiger partial charge in [-0.1, -0.05) is 121 Å². The zero-order valence-corrected chi connectivity index (χ0v) is 24.1. The van der Waals surface area contributed by atoms with Crippen molar-refractivity contribution in [2.24, 2.45) is 0 Å². The van der Waals surface area contributed by atoms with Crippen molar-refractivity contribution in [1.82, 2.24) is 19.1 Å². The first-order chi connectivity index (χ1) is 21.8. The Labute approximate surface area is 254 Å². The fraction of sp³-hybridized carbons (Fsp3) is 0.0500. The molecule has 8 aromatic rings. The Morgan fingerprint density at radius 1 is 0.500 bits per heavy atom. The van der Waals surface area contributed by atoms with E-state index in [0.29, 0.717) is 5.95 Å². The average molecular weight is 565 g/mol. The van der Waals surface area contributed by atoms with E-state index in [4.69, 9.17) is 9.97 Å². The van der Waals surface area contributed by atoms with Crippen molar-refractivity contribution in [3.63, 3.8) is 0 Å². The van der Waals surface area contributed by atoms with Crippen LogP contribution in [0.5, 0.6) is 0 Å². The van der Waals surface area contributed by atoms with Gasteiger partial charge in [-0.05, 0) is 37.1 Å². The summed E-state index contributed by atoms with van der Waals surface area (Å²) >= 11 is 0. The van der Waals surface area contributed by atoms with Crippen LogP contribution in [0.25, 0.3) is 77.8 Å². The van der Waals surface area contributed by atoms with Crippen LogP contribution < -0.4 is 0 Å². The Morgan fingerprint density at radius 2 is 1.02 bits per heavy atom. The third kappa shape index (κ3) is 3.78. The number of benzene rings is 5. The Morgan fingerprint density at radius 3 is 1.59 bits per heavy atom. The molecule has 0 spiro atoms. The maximum absolute atomic E-state index is 5.29. The molecule has 0 unspecified atom stereocenters. The molecule has 4 heteroatoms. The van der Waals surface area contributed by atoms with Crippen LogP contribution in [0.3, 0.4) is 0 Å². The summed E-state index contributed by atoms with van der Waals surface area (Å²) in [6.07, 6.45) is 8.72. The number of para-hydroxylation sites is 2. The number of hydrogen-bond donors (Lipinski definition) is 0. The molecule has 44 heavy (non-hydrogen) atoms. The molecule has 3 aromatic heterocycles. The normalized spacial score (nSPS) is 13.3. The Bertz CT molecular complexity index is 2370. The van der Waals surface area contributed by atoms with Crippen molar-refractivity contribution in [3.8, 4) is 28.5 Å². The molecule has 0 amide bonds. The highest BCUT2D eigenvalue weighted by molar-refractivity contribution is 6.24. The van der Waals surface area contributed by atoms with Crippen LogP contribution in [-0.2, 0) is 0 Å². The van der Waals surface area contributed by atoms with Gasteiger partial charge in [-0.15, -0.1) is 0 Å². The zero-order valence-electron chi connectivity index (χ0n) is 24.1. The molecule has 1 aliphatic rings. The van der Waals surface area contributed by atoms with Gasteiger partial charge in [-0.25, -0.2) is 9.97 Å².